The van der Waals surface area contributed by atoms with Crippen LogP contribution in [0.2, 0.25) is 0 Å². The van der Waals surface area contributed by atoms with Gasteiger partial charge in [0, 0.05) is 23.6 Å². The zero-order valence-corrected chi connectivity index (χ0v) is 15.0. The number of aliphatic hydroxyl groups excluding tert-OH is 1. The van der Waals surface area contributed by atoms with Crippen molar-refractivity contribution < 1.29 is 18.8 Å². The van der Waals surface area contributed by atoms with Gasteiger partial charge in [0.05, 0.1) is 0 Å². The highest BCUT2D eigenvalue weighted by atomic mass is 19.1. The lowest BCUT2D eigenvalue weighted by molar-refractivity contribution is 0.0716. The normalized spacial score (nSPS) is 12.7. The maximum absolute atomic E-state index is 13.2. The standard InChI is InChI=1S/C20H23FN2O3/c1-3-23(4-2)12-16(24)13-25-17-8-5-14(6-9-17)20-18-10-7-15(21)11-19(18)26-22-20/h5-11,16,24H,3-4,12-13H2,1-2H3. The van der Waals surface area contributed by atoms with Gasteiger partial charge in [-0.15, -0.1) is 0 Å². The topological polar surface area (TPSA) is 58.7 Å². The lowest BCUT2D eigenvalue weighted by atomic mass is 10.1. The molecular formula is C20H23FN2O3. The van der Waals surface area contributed by atoms with Crippen molar-refractivity contribution in [2.75, 3.05) is 26.2 Å². The number of likely N-dealkylation sites (N-methyl/N-ethyl adjacent to an activating group) is 1. The van der Waals surface area contributed by atoms with Crippen molar-refractivity contribution in [2.24, 2.45) is 0 Å². The second kappa shape index (κ2) is 8.29. The van der Waals surface area contributed by atoms with E-state index in [2.05, 4.69) is 23.9 Å². The fourth-order valence-electron chi connectivity index (χ4n) is 2.85. The summed E-state index contributed by atoms with van der Waals surface area (Å²) >= 11 is 0. The van der Waals surface area contributed by atoms with E-state index in [0.29, 0.717) is 23.6 Å². The molecule has 0 bridgehead atoms. The Balaban J connectivity index is 1.65. The van der Waals surface area contributed by atoms with E-state index in [0.717, 1.165) is 24.0 Å². The van der Waals surface area contributed by atoms with E-state index in [4.69, 9.17) is 9.26 Å². The molecule has 3 rings (SSSR count). The average molecular weight is 358 g/mol. The molecule has 0 aliphatic rings. The van der Waals surface area contributed by atoms with Gasteiger partial charge >= 0.3 is 0 Å². The van der Waals surface area contributed by atoms with Gasteiger partial charge in [0.1, 0.15) is 30.0 Å². The zero-order valence-electron chi connectivity index (χ0n) is 15.0. The molecule has 2 aromatic carbocycles. The van der Waals surface area contributed by atoms with Gasteiger partial charge in [-0.2, -0.15) is 0 Å². The van der Waals surface area contributed by atoms with E-state index in [1.54, 1.807) is 6.07 Å². The van der Waals surface area contributed by atoms with E-state index < -0.39 is 6.10 Å². The van der Waals surface area contributed by atoms with Crippen molar-refractivity contribution in [1.82, 2.24) is 10.1 Å². The first kappa shape index (κ1) is 18.4. The van der Waals surface area contributed by atoms with Crippen LogP contribution in [0.15, 0.2) is 47.0 Å². The molecule has 1 unspecified atom stereocenters. The number of benzene rings is 2. The third-order valence-corrected chi connectivity index (χ3v) is 4.37. The van der Waals surface area contributed by atoms with Crippen LogP contribution in [0.5, 0.6) is 5.75 Å². The number of fused-ring (bicyclic) bond motifs is 1. The minimum Gasteiger partial charge on any atom is -0.491 e. The van der Waals surface area contributed by atoms with Crippen molar-refractivity contribution in [3.63, 3.8) is 0 Å². The third kappa shape index (κ3) is 4.20. The maximum atomic E-state index is 13.2. The molecule has 3 aromatic rings. The van der Waals surface area contributed by atoms with Gasteiger partial charge in [-0.25, -0.2) is 4.39 Å². The first-order chi connectivity index (χ1) is 12.6. The summed E-state index contributed by atoms with van der Waals surface area (Å²) in [5, 5.41) is 14.9. The lowest BCUT2D eigenvalue weighted by Gasteiger charge is -2.21. The largest absolute Gasteiger partial charge is 0.491 e. The van der Waals surface area contributed by atoms with Crippen LogP contribution in [0.3, 0.4) is 0 Å². The average Bonchev–Trinajstić information content (AvgIpc) is 3.07. The van der Waals surface area contributed by atoms with Crippen molar-refractivity contribution in [1.29, 1.82) is 0 Å². The van der Waals surface area contributed by atoms with Gasteiger partial charge in [-0.1, -0.05) is 19.0 Å². The van der Waals surface area contributed by atoms with Crippen LogP contribution in [-0.4, -0.2) is 47.5 Å². The van der Waals surface area contributed by atoms with Crippen LogP contribution in [0.25, 0.3) is 22.2 Å². The molecule has 26 heavy (non-hydrogen) atoms. The molecule has 0 fully saturated rings. The Morgan fingerprint density at radius 2 is 1.88 bits per heavy atom. The highest BCUT2D eigenvalue weighted by Crippen LogP contribution is 2.29. The van der Waals surface area contributed by atoms with Crippen molar-refractivity contribution in [2.45, 2.75) is 20.0 Å². The van der Waals surface area contributed by atoms with Gasteiger partial charge in [0.25, 0.3) is 0 Å². The molecule has 0 aliphatic heterocycles. The summed E-state index contributed by atoms with van der Waals surface area (Å²) < 4.78 is 24.1. The minimum absolute atomic E-state index is 0.238. The molecule has 1 atom stereocenters. The number of hydrogen-bond acceptors (Lipinski definition) is 5. The summed E-state index contributed by atoms with van der Waals surface area (Å²) in [6.07, 6.45) is -0.538. The maximum Gasteiger partial charge on any atom is 0.170 e. The van der Waals surface area contributed by atoms with Crippen LogP contribution in [-0.2, 0) is 0 Å². The molecule has 0 aliphatic carbocycles. The van der Waals surface area contributed by atoms with Crippen LogP contribution >= 0.6 is 0 Å². The highest BCUT2D eigenvalue weighted by molar-refractivity contribution is 5.91. The van der Waals surface area contributed by atoms with Gasteiger partial charge in [0.2, 0.25) is 0 Å². The smallest absolute Gasteiger partial charge is 0.170 e. The van der Waals surface area contributed by atoms with Gasteiger partial charge < -0.3 is 19.3 Å². The third-order valence-electron chi connectivity index (χ3n) is 4.37. The summed E-state index contributed by atoms with van der Waals surface area (Å²) in [5.41, 5.74) is 1.93. The molecule has 5 nitrogen and oxygen atoms in total. The Hall–Kier alpha value is -2.44. The Kier molecular flexibility index (Phi) is 5.85. The monoisotopic (exact) mass is 358 g/mol. The van der Waals surface area contributed by atoms with E-state index in [9.17, 15) is 9.50 Å². The van der Waals surface area contributed by atoms with Crippen LogP contribution < -0.4 is 4.74 Å². The summed E-state index contributed by atoms with van der Waals surface area (Å²) in [4.78, 5) is 2.15. The van der Waals surface area contributed by atoms with Gasteiger partial charge in [-0.05, 0) is 49.5 Å². The Labute approximate surface area is 152 Å². The quantitative estimate of drug-likeness (QED) is 0.665. The lowest BCUT2D eigenvalue weighted by Crippen LogP contribution is -2.35. The second-order valence-electron chi connectivity index (χ2n) is 6.15. The Bertz CT molecular complexity index is 844. The molecular weight excluding hydrogens is 335 g/mol. The number of ether oxygens (including phenoxy) is 1. The fraction of sp³-hybridized carbons (Fsp3) is 0.350. The van der Waals surface area contributed by atoms with E-state index in [1.165, 1.54) is 12.1 Å². The van der Waals surface area contributed by atoms with Crippen molar-refractivity contribution in [3.05, 3.63) is 48.3 Å². The molecule has 0 saturated heterocycles. The molecule has 1 heterocycles. The fourth-order valence-corrected chi connectivity index (χ4v) is 2.85. The van der Waals surface area contributed by atoms with Crippen LogP contribution in [0, 0.1) is 5.82 Å². The molecule has 0 saturated carbocycles. The van der Waals surface area contributed by atoms with E-state index in [1.807, 2.05) is 24.3 Å². The van der Waals surface area contributed by atoms with Crippen molar-refractivity contribution >= 4 is 11.0 Å². The predicted octanol–water partition coefficient (Wildman–Crippen LogP) is 3.72. The number of rotatable bonds is 8. The minimum atomic E-state index is -0.538. The first-order valence-corrected chi connectivity index (χ1v) is 8.79. The number of halogens is 1. The molecule has 0 amide bonds. The molecule has 138 valence electrons. The molecule has 6 heteroatoms. The molecule has 1 aromatic heterocycles. The number of hydrogen-bond donors (Lipinski definition) is 1. The summed E-state index contributed by atoms with van der Waals surface area (Å²) in [5.74, 6) is 0.318. The van der Waals surface area contributed by atoms with E-state index in [-0.39, 0.29) is 12.4 Å². The summed E-state index contributed by atoms with van der Waals surface area (Å²) in [7, 11) is 0. The van der Waals surface area contributed by atoms with E-state index >= 15 is 0 Å². The van der Waals surface area contributed by atoms with Crippen LogP contribution in [0.4, 0.5) is 4.39 Å². The van der Waals surface area contributed by atoms with Gasteiger partial charge in [0.15, 0.2) is 5.58 Å². The number of aromatic nitrogens is 1. The summed E-state index contributed by atoms with van der Waals surface area (Å²) in [6, 6.07) is 11.7. The Morgan fingerprint density at radius 3 is 2.58 bits per heavy atom. The summed E-state index contributed by atoms with van der Waals surface area (Å²) in [6.45, 7) is 6.76. The predicted molar refractivity (Wildman–Crippen MR) is 98.7 cm³/mol. The zero-order chi connectivity index (χ0) is 18.5. The number of nitrogens with zero attached hydrogens (tertiary/aromatic N) is 2. The SMILES string of the molecule is CCN(CC)CC(O)COc1ccc(-c2noc3cc(F)ccc23)cc1. The number of aliphatic hydroxyl groups is 1. The van der Waals surface area contributed by atoms with Crippen molar-refractivity contribution in [3.8, 4) is 17.0 Å². The second-order valence-corrected chi connectivity index (χ2v) is 6.15. The van der Waals surface area contributed by atoms with Crippen LogP contribution in [0.1, 0.15) is 13.8 Å². The Morgan fingerprint density at radius 1 is 1.15 bits per heavy atom. The molecule has 0 radical (unpaired) electrons. The van der Waals surface area contributed by atoms with Gasteiger partial charge in [-0.3, -0.25) is 0 Å². The molecule has 0 spiro atoms. The molecule has 1 N–H and O–H groups in total. The highest BCUT2D eigenvalue weighted by Gasteiger charge is 2.12. The first-order valence-electron chi connectivity index (χ1n) is 8.79.